The van der Waals surface area contributed by atoms with E-state index >= 15 is 0 Å². The number of carbonyl (C=O) groups excluding carboxylic acids is 1. The van der Waals surface area contributed by atoms with Crippen molar-refractivity contribution in [1.82, 2.24) is 19.6 Å². The van der Waals surface area contributed by atoms with Crippen LogP contribution in [-0.4, -0.2) is 32.7 Å². The first-order valence-electron chi connectivity index (χ1n) is 3.68. The normalized spacial score (nSPS) is 10.4. The monoisotopic (exact) mass is 212 g/mol. The highest BCUT2D eigenvalue weighted by molar-refractivity contribution is 6.29. The molecule has 0 aliphatic rings. The maximum absolute atomic E-state index is 11.1. The summed E-state index contributed by atoms with van der Waals surface area (Å²) in [7, 11) is 1.25. The summed E-state index contributed by atoms with van der Waals surface area (Å²) in [5.74, 6) is -0.419. The van der Waals surface area contributed by atoms with Crippen molar-refractivity contribution in [2.75, 3.05) is 7.11 Å². The molecule has 0 aliphatic carbocycles. The molecule has 6 nitrogen and oxygen atoms in total. The van der Waals surface area contributed by atoms with Crippen LogP contribution in [0.25, 0.3) is 5.78 Å². The van der Waals surface area contributed by atoms with Gasteiger partial charge in [0.2, 0.25) is 0 Å². The predicted octanol–water partition coefficient (Wildman–Crippen LogP) is 0.564. The molecule has 0 unspecified atom stereocenters. The van der Waals surface area contributed by atoms with E-state index in [4.69, 9.17) is 11.6 Å². The molecule has 0 saturated heterocycles. The zero-order valence-electron chi connectivity index (χ0n) is 7.14. The first-order valence-corrected chi connectivity index (χ1v) is 4.06. The van der Waals surface area contributed by atoms with Crippen molar-refractivity contribution < 1.29 is 9.53 Å². The van der Waals surface area contributed by atoms with Crippen LogP contribution in [-0.2, 0) is 4.74 Å². The molecule has 14 heavy (non-hydrogen) atoms. The molecule has 72 valence electrons. The van der Waals surface area contributed by atoms with Gasteiger partial charge in [-0.3, -0.25) is 0 Å². The number of hydrogen-bond donors (Lipinski definition) is 0. The van der Waals surface area contributed by atoms with Crippen LogP contribution in [0.5, 0.6) is 0 Å². The Hall–Kier alpha value is -1.69. The number of ether oxygens (including phenoxy) is 1. The molecule has 2 aromatic rings. The summed E-state index contributed by atoms with van der Waals surface area (Å²) >= 11 is 5.79. The Morgan fingerprint density at radius 1 is 1.64 bits per heavy atom. The van der Waals surface area contributed by atoms with Gasteiger partial charge < -0.3 is 4.74 Å². The molecular formula is C7H5ClN4O2. The topological polar surface area (TPSA) is 69.4 Å². The molecule has 0 N–H and O–H groups in total. The van der Waals surface area contributed by atoms with Crippen LogP contribution in [0.15, 0.2) is 12.3 Å². The Balaban J connectivity index is 2.62. The van der Waals surface area contributed by atoms with E-state index in [1.54, 1.807) is 6.07 Å². The predicted molar refractivity (Wildman–Crippen MR) is 47.1 cm³/mol. The van der Waals surface area contributed by atoms with Crippen molar-refractivity contribution in [3.63, 3.8) is 0 Å². The number of methoxy groups -OCH3 is 1. The third-order valence-corrected chi connectivity index (χ3v) is 1.85. The molecule has 0 radical (unpaired) electrons. The number of hydrogen-bond acceptors (Lipinski definition) is 5. The summed E-state index contributed by atoms with van der Waals surface area (Å²) in [5.41, 5.74) is 0. The number of carbonyl (C=O) groups is 1. The van der Waals surface area contributed by atoms with Crippen LogP contribution in [0.2, 0.25) is 5.15 Å². The fourth-order valence-corrected chi connectivity index (χ4v) is 1.11. The quantitative estimate of drug-likeness (QED) is 0.511. The number of aromatic nitrogens is 4. The van der Waals surface area contributed by atoms with Crippen LogP contribution >= 0.6 is 11.6 Å². The lowest BCUT2D eigenvalue weighted by atomic mass is 10.6. The minimum atomic E-state index is -0.619. The van der Waals surface area contributed by atoms with Crippen molar-refractivity contribution in [2.45, 2.75) is 0 Å². The third kappa shape index (κ3) is 1.29. The van der Waals surface area contributed by atoms with Crippen LogP contribution < -0.4 is 0 Å². The van der Waals surface area contributed by atoms with Crippen molar-refractivity contribution in [2.24, 2.45) is 0 Å². The van der Waals surface area contributed by atoms with E-state index in [2.05, 4.69) is 19.8 Å². The Morgan fingerprint density at radius 2 is 2.43 bits per heavy atom. The van der Waals surface area contributed by atoms with Gasteiger partial charge in [-0.2, -0.15) is 9.50 Å². The molecule has 0 amide bonds. The fraction of sp³-hybridized carbons (Fsp3) is 0.143. The summed E-state index contributed by atoms with van der Waals surface area (Å²) in [6, 6.07) is 1.55. The molecule has 0 atom stereocenters. The highest BCUT2D eigenvalue weighted by atomic mass is 35.5. The average molecular weight is 213 g/mol. The molecular weight excluding hydrogens is 208 g/mol. The number of nitrogens with zero attached hydrogens (tertiary/aromatic N) is 4. The van der Waals surface area contributed by atoms with Gasteiger partial charge in [-0.1, -0.05) is 11.6 Å². The SMILES string of the molecule is COC(=O)c1nc2nccc(Cl)n2n1. The van der Waals surface area contributed by atoms with Crippen LogP contribution in [0, 0.1) is 0 Å². The minimum Gasteiger partial charge on any atom is -0.463 e. The lowest BCUT2D eigenvalue weighted by Gasteiger charge is -1.91. The van der Waals surface area contributed by atoms with Crippen molar-refractivity contribution in [1.29, 1.82) is 0 Å². The maximum Gasteiger partial charge on any atom is 0.378 e. The number of fused-ring (bicyclic) bond motifs is 1. The molecule has 0 saturated carbocycles. The van der Waals surface area contributed by atoms with E-state index in [-0.39, 0.29) is 11.6 Å². The Kier molecular flexibility index (Phi) is 2.05. The van der Waals surface area contributed by atoms with Gasteiger partial charge in [-0.25, -0.2) is 9.78 Å². The van der Waals surface area contributed by atoms with Gasteiger partial charge >= 0.3 is 5.97 Å². The van der Waals surface area contributed by atoms with E-state index in [1.165, 1.54) is 17.8 Å². The summed E-state index contributed by atoms with van der Waals surface area (Å²) in [4.78, 5) is 18.8. The lowest BCUT2D eigenvalue weighted by molar-refractivity contribution is 0.0587. The summed E-state index contributed by atoms with van der Waals surface area (Å²) in [6.07, 6.45) is 1.48. The second kappa shape index (κ2) is 3.22. The first-order chi connectivity index (χ1) is 6.72. The van der Waals surface area contributed by atoms with Crippen LogP contribution in [0.1, 0.15) is 10.6 Å². The fourth-order valence-electron chi connectivity index (χ4n) is 0.945. The third-order valence-electron chi connectivity index (χ3n) is 1.56. The molecule has 0 fully saturated rings. The Bertz CT molecular complexity index is 495. The average Bonchev–Trinajstić information content (AvgIpc) is 2.62. The van der Waals surface area contributed by atoms with Crippen LogP contribution in [0.4, 0.5) is 0 Å². The van der Waals surface area contributed by atoms with Crippen LogP contribution in [0.3, 0.4) is 0 Å². The highest BCUT2D eigenvalue weighted by Crippen LogP contribution is 2.08. The smallest absolute Gasteiger partial charge is 0.378 e. The summed E-state index contributed by atoms with van der Waals surface area (Å²) in [6.45, 7) is 0. The second-order valence-corrected chi connectivity index (χ2v) is 2.79. The van der Waals surface area contributed by atoms with Gasteiger partial charge in [-0.05, 0) is 6.07 Å². The molecule has 2 heterocycles. The van der Waals surface area contributed by atoms with E-state index in [9.17, 15) is 4.79 Å². The van der Waals surface area contributed by atoms with E-state index in [0.717, 1.165) is 0 Å². The van der Waals surface area contributed by atoms with Gasteiger partial charge in [0.15, 0.2) is 0 Å². The highest BCUT2D eigenvalue weighted by Gasteiger charge is 2.14. The van der Waals surface area contributed by atoms with Crippen molar-refractivity contribution >= 4 is 23.3 Å². The first kappa shape index (κ1) is 8.89. The molecule has 0 aliphatic heterocycles. The second-order valence-electron chi connectivity index (χ2n) is 2.41. The maximum atomic E-state index is 11.1. The Morgan fingerprint density at radius 3 is 3.07 bits per heavy atom. The van der Waals surface area contributed by atoms with E-state index < -0.39 is 5.97 Å². The molecule has 2 rings (SSSR count). The van der Waals surface area contributed by atoms with Crippen molar-refractivity contribution in [3.05, 3.63) is 23.2 Å². The molecule has 7 heteroatoms. The number of rotatable bonds is 1. The largest absolute Gasteiger partial charge is 0.463 e. The van der Waals surface area contributed by atoms with E-state index in [0.29, 0.717) is 5.15 Å². The van der Waals surface area contributed by atoms with Gasteiger partial charge in [0.1, 0.15) is 5.15 Å². The standard InChI is InChI=1S/C7H5ClN4O2/c1-14-6(13)5-10-7-9-3-2-4(8)12(7)11-5/h2-3H,1H3. The molecule has 0 bridgehead atoms. The lowest BCUT2D eigenvalue weighted by Crippen LogP contribution is -2.03. The van der Waals surface area contributed by atoms with Gasteiger partial charge in [0, 0.05) is 6.20 Å². The molecule has 0 spiro atoms. The zero-order chi connectivity index (χ0) is 10.1. The van der Waals surface area contributed by atoms with Gasteiger partial charge in [-0.15, -0.1) is 5.10 Å². The minimum absolute atomic E-state index is 0.0619. The zero-order valence-corrected chi connectivity index (χ0v) is 7.89. The van der Waals surface area contributed by atoms with E-state index in [1.807, 2.05) is 0 Å². The number of esters is 1. The van der Waals surface area contributed by atoms with Crippen molar-refractivity contribution in [3.8, 4) is 0 Å². The number of halogens is 1. The summed E-state index contributed by atoms with van der Waals surface area (Å²) in [5, 5.41) is 4.15. The summed E-state index contributed by atoms with van der Waals surface area (Å²) < 4.78 is 5.72. The molecule has 2 aromatic heterocycles. The Labute approximate surface area is 83.5 Å². The van der Waals surface area contributed by atoms with Gasteiger partial charge in [0.25, 0.3) is 11.6 Å². The molecule has 0 aromatic carbocycles. The van der Waals surface area contributed by atoms with Gasteiger partial charge in [0.05, 0.1) is 7.11 Å².